The molecule has 2 amide bonds. The minimum Gasteiger partial charge on any atom is -0.391 e. The van der Waals surface area contributed by atoms with Crippen molar-refractivity contribution in [2.45, 2.75) is 83.9 Å². The van der Waals surface area contributed by atoms with Crippen LogP contribution in [0, 0.1) is 5.92 Å². The Labute approximate surface area is 162 Å². The third-order valence-electron chi connectivity index (χ3n) is 4.62. The average molecular weight is 387 g/mol. The zero-order valence-electron chi connectivity index (χ0n) is 17.0. The fourth-order valence-electron chi connectivity index (χ4n) is 2.91. The maximum Gasteiger partial charge on any atom is 0.245 e. The van der Waals surface area contributed by atoms with Crippen LogP contribution in [0.5, 0.6) is 0 Å². The van der Waals surface area contributed by atoms with E-state index in [-0.39, 0.29) is 24.2 Å². The quantitative estimate of drug-likeness (QED) is 0.254. The van der Waals surface area contributed by atoms with Gasteiger partial charge in [-0.2, -0.15) is 0 Å². The van der Waals surface area contributed by atoms with Crippen LogP contribution < -0.4 is 22.1 Å². The van der Waals surface area contributed by atoms with Crippen LogP contribution in [0.15, 0.2) is 0 Å². The highest BCUT2D eigenvalue weighted by Gasteiger charge is 2.30. The molecular formula is C19H38N4O4. The molecule has 0 aromatic rings. The molecule has 0 aliphatic carbocycles. The lowest BCUT2D eigenvalue weighted by atomic mass is 9.95. The van der Waals surface area contributed by atoms with Gasteiger partial charge in [-0.25, -0.2) is 0 Å². The Morgan fingerprint density at radius 1 is 0.926 bits per heavy atom. The highest BCUT2D eigenvalue weighted by atomic mass is 16.3. The number of nitrogens with one attached hydrogen (secondary N) is 2. The van der Waals surface area contributed by atoms with Gasteiger partial charge in [0.25, 0.3) is 0 Å². The number of ketones is 1. The highest BCUT2D eigenvalue weighted by molar-refractivity contribution is 5.92. The number of aliphatic hydroxyl groups is 1. The summed E-state index contributed by atoms with van der Waals surface area (Å²) in [6, 6.07) is -1.86. The van der Waals surface area contributed by atoms with E-state index in [4.69, 9.17) is 11.5 Å². The van der Waals surface area contributed by atoms with Gasteiger partial charge in [0.05, 0.1) is 12.1 Å². The van der Waals surface area contributed by atoms with Crippen molar-refractivity contribution in [3.8, 4) is 0 Å². The molecule has 158 valence electrons. The van der Waals surface area contributed by atoms with E-state index in [0.717, 1.165) is 25.7 Å². The van der Waals surface area contributed by atoms with Crippen LogP contribution in [0.25, 0.3) is 0 Å². The van der Waals surface area contributed by atoms with E-state index in [1.807, 2.05) is 0 Å². The lowest BCUT2D eigenvalue weighted by Gasteiger charge is -2.26. The number of rotatable bonds is 15. The molecule has 7 N–H and O–H groups in total. The van der Waals surface area contributed by atoms with E-state index < -0.39 is 24.1 Å². The first-order chi connectivity index (χ1) is 12.8. The molecule has 0 fully saturated rings. The molecule has 0 aromatic carbocycles. The zero-order valence-corrected chi connectivity index (χ0v) is 17.0. The molecule has 0 saturated heterocycles. The molecule has 0 heterocycles. The SMILES string of the molecule is CCCCCCC(CCN)C(=O)N[C@H](C(=O)N[C@@H](CCN)C(C)=O)[C@H](C)O. The smallest absolute Gasteiger partial charge is 0.245 e. The van der Waals surface area contributed by atoms with Crippen LogP contribution in [-0.4, -0.2) is 54.0 Å². The molecule has 0 spiro atoms. The van der Waals surface area contributed by atoms with Gasteiger partial charge in [-0.1, -0.05) is 32.6 Å². The molecule has 0 saturated carbocycles. The molecule has 0 radical (unpaired) electrons. The Morgan fingerprint density at radius 3 is 2.04 bits per heavy atom. The topological polar surface area (TPSA) is 148 Å². The molecule has 0 aliphatic heterocycles. The summed E-state index contributed by atoms with van der Waals surface area (Å²) < 4.78 is 0. The van der Waals surface area contributed by atoms with Crippen molar-refractivity contribution in [2.24, 2.45) is 17.4 Å². The Balaban J connectivity index is 4.94. The van der Waals surface area contributed by atoms with E-state index in [0.29, 0.717) is 25.8 Å². The van der Waals surface area contributed by atoms with Crippen molar-refractivity contribution < 1.29 is 19.5 Å². The lowest BCUT2D eigenvalue weighted by molar-refractivity contribution is -0.135. The number of unbranched alkanes of at least 4 members (excludes halogenated alkanes) is 3. The predicted octanol–water partition coefficient (Wildman–Crippen LogP) is 0.210. The van der Waals surface area contributed by atoms with Crippen LogP contribution in [-0.2, 0) is 14.4 Å². The second-order valence-electron chi connectivity index (χ2n) is 7.10. The van der Waals surface area contributed by atoms with E-state index in [2.05, 4.69) is 17.6 Å². The first-order valence-corrected chi connectivity index (χ1v) is 9.97. The number of aliphatic hydroxyl groups excluding tert-OH is 1. The van der Waals surface area contributed by atoms with Crippen LogP contribution >= 0.6 is 0 Å². The van der Waals surface area contributed by atoms with Crippen LogP contribution in [0.2, 0.25) is 0 Å². The second kappa shape index (κ2) is 14.5. The normalized spacial score (nSPS) is 15.5. The summed E-state index contributed by atoms with van der Waals surface area (Å²) in [4.78, 5) is 36.7. The van der Waals surface area contributed by atoms with Gasteiger partial charge in [0.1, 0.15) is 6.04 Å². The van der Waals surface area contributed by atoms with Crippen molar-refractivity contribution in [2.75, 3.05) is 13.1 Å². The van der Waals surface area contributed by atoms with Crippen LogP contribution in [0.4, 0.5) is 0 Å². The minimum absolute atomic E-state index is 0.221. The summed E-state index contributed by atoms with van der Waals surface area (Å²) in [7, 11) is 0. The van der Waals surface area contributed by atoms with Gasteiger partial charge < -0.3 is 27.2 Å². The Bertz CT molecular complexity index is 457. The monoisotopic (exact) mass is 386 g/mol. The summed E-state index contributed by atoms with van der Waals surface area (Å²) in [6.07, 6.45) is 4.61. The molecule has 0 aliphatic rings. The molecule has 0 bridgehead atoms. The van der Waals surface area contributed by atoms with Gasteiger partial charge in [0.15, 0.2) is 5.78 Å². The van der Waals surface area contributed by atoms with Crippen molar-refractivity contribution in [3.05, 3.63) is 0 Å². The molecule has 8 heteroatoms. The number of Topliss-reactive ketones (excluding diaryl/α,β-unsaturated/α-hetero) is 1. The summed E-state index contributed by atoms with van der Waals surface area (Å²) >= 11 is 0. The zero-order chi connectivity index (χ0) is 20.8. The van der Waals surface area contributed by atoms with Gasteiger partial charge in [0.2, 0.25) is 11.8 Å². The largest absolute Gasteiger partial charge is 0.391 e. The molecule has 1 unspecified atom stereocenters. The average Bonchev–Trinajstić information content (AvgIpc) is 2.61. The molecule has 0 aromatic heterocycles. The third kappa shape index (κ3) is 10.4. The van der Waals surface area contributed by atoms with E-state index >= 15 is 0 Å². The standard InChI is InChI=1S/C19H38N4O4/c1-4-5-6-7-8-15(9-11-20)18(26)23-17(14(3)25)19(27)22-16(10-12-21)13(2)24/h14-17,25H,4-12,20-21H2,1-3H3,(H,22,27)(H,23,26)/t14-,15?,16-,17-/m0/s1. The number of hydrogen-bond donors (Lipinski definition) is 5. The first-order valence-electron chi connectivity index (χ1n) is 9.97. The van der Waals surface area contributed by atoms with Crippen molar-refractivity contribution in [3.63, 3.8) is 0 Å². The minimum atomic E-state index is -1.13. The molecule has 4 atom stereocenters. The fraction of sp³-hybridized carbons (Fsp3) is 0.842. The second-order valence-corrected chi connectivity index (χ2v) is 7.10. The van der Waals surface area contributed by atoms with E-state index in [9.17, 15) is 19.5 Å². The summed E-state index contributed by atoms with van der Waals surface area (Å²) in [5.41, 5.74) is 11.1. The van der Waals surface area contributed by atoms with Gasteiger partial charge in [-0.3, -0.25) is 14.4 Å². The van der Waals surface area contributed by atoms with E-state index in [1.165, 1.54) is 13.8 Å². The summed E-state index contributed by atoms with van der Waals surface area (Å²) in [5.74, 6) is -1.41. The third-order valence-corrected chi connectivity index (χ3v) is 4.62. The molecule has 27 heavy (non-hydrogen) atoms. The van der Waals surface area contributed by atoms with Gasteiger partial charge >= 0.3 is 0 Å². The number of carbonyl (C=O) groups is 3. The number of carbonyl (C=O) groups excluding carboxylic acids is 3. The maximum absolute atomic E-state index is 12.6. The van der Waals surface area contributed by atoms with Crippen molar-refractivity contribution in [1.29, 1.82) is 0 Å². The Hall–Kier alpha value is -1.51. The van der Waals surface area contributed by atoms with Crippen LogP contribution in [0.3, 0.4) is 0 Å². The van der Waals surface area contributed by atoms with Crippen molar-refractivity contribution in [1.82, 2.24) is 10.6 Å². The van der Waals surface area contributed by atoms with E-state index in [1.54, 1.807) is 0 Å². The molecule has 0 rings (SSSR count). The first kappa shape index (κ1) is 25.5. The Morgan fingerprint density at radius 2 is 1.56 bits per heavy atom. The van der Waals surface area contributed by atoms with Gasteiger partial charge in [-0.15, -0.1) is 0 Å². The summed E-state index contributed by atoms with van der Waals surface area (Å²) in [6.45, 7) is 5.53. The van der Waals surface area contributed by atoms with Gasteiger partial charge in [0, 0.05) is 5.92 Å². The maximum atomic E-state index is 12.6. The number of hydrogen-bond acceptors (Lipinski definition) is 6. The molecule has 8 nitrogen and oxygen atoms in total. The van der Waals surface area contributed by atoms with Gasteiger partial charge in [-0.05, 0) is 46.2 Å². The Kier molecular flexibility index (Phi) is 13.7. The fourth-order valence-corrected chi connectivity index (χ4v) is 2.91. The molecular weight excluding hydrogens is 348 g/mol. The summed E-state index contributed by atoms with van der Waals surface area (Å²) in [5, 5.41) is 15.2. The van der Waals surface area contributed by atoms with Crippen LogP contribution in [0.1, 0.15) is 65.7 Å². The number of nitrogens with two attached hydrogens (primary N) is 2. The van der Waals surface area contributed by atoms with Crippen molar-refractivity contribution >= 4 is 17.6 Å². The number of amides is 2. The lowest BCUT2D eigenvalue weighted by Crippen LogP contribution is -2.56. The highest BCUT2D eigenvalue weighted by Crippen LogP contribution is 2.15. The predicted molar refractivity (Wildman–Crippen MR) is 106 cm³/mol.